The number of sulfonamides is 1. The summed E-state index contributed by atoms with van der Waals surface area (Å²) in [6.07, 6.45) is 0.592. The lowest BCUT2D eigenvalue weighted by atomic mass is 9.84. The number of phosphoric ester groups is 2. The van der Waals surface area contributed by atoms with E-state index < -0.39 is 96.9 Å². The maximum Gasteiger partial charge on any atom is 0.501 e. The van der Waals surface area contributed by atoms with Gasteiger partial charge in [-0.1, -0.05) is 66.2 Å². The lowest BCUT2D eigenvalue weighted by molar-refractivity contribution is -0.0436. The highest BCUT2D eigenvalue weighted by atomic mass is 35.5. The number of hydrogen-bond donors (Lipinski definition) is 3. The Labute approximate surface area is 532 Å². The van der Waals surface area contributed by atoms with Crippen molar-refractivity contribution in [3.05, 3.63) is 137 Å². The summed E-state index contributed by atoms with van der Waals surface area (Å²) in [7, 11) is -19.8. The van der Waals surface area contributed by atoms with Crippen LogP contribution in [0.4, 0.5) is 24.5 Å². The van der Waals surface area contributed by atoms with Crippen LogP contribution in [0, 0.1) is 5.92 Å². The normalized spacial score (nSPS) is 15.3. The van der Waals surface area contributed by atoms with Gasteiger partial charge in [-0.3, -0.25) is 36.8 Å². The van der Waals surface area contributed by atoms with Crippen LogP contribution in [0.3, 0.4) is 0 Å². The minimum atomic E-state index is -6.29. The second kappa shape index (κ2) is 30.2. The Morgan fingerprint density at radius 2 is 1.20 bits per heavy atom. The molecule has 0 saturated carbocycles. The van der Waals surface area contributed by atoms with Gasteiger partial charge in [0.2, 0.25) is 0 Å². The highest BCUT2D eigenvalue weighted by Gasteiger charge is 2.49. The summed E-state index contributed by atoms with van der Waals surface area (Å²) in [6.45, 7) is 20.9. The first-order chi connectivity index (χ1) is 41.1. The van der Waals surface area contributed by atoms with E-state index >= 15 is 0 Å². The second-order valence-corrected chi connectivity index (χ2v) is 33.6. The quantitative estimate of drug-likeness (QED) is 0.0312. The number of aliphatic hydroxyl groups excluding tert-OH is 1. The first-order valence-corrected chi connectivity index (χ1v) is 36.3. The minimum Gasteiger partial charge on any atom is -0.388 e. The fraction of sp³-hybridized carbons (Fsp3) is 0.500. The summed E-state index contributed by atoms with van der Waals surface area (Å²) in [5.41, 5.74) is -7.08. The predicted molar refractivity (Wildman–Crippen MR) is 344 cm³/mol. The van der Waals surface area contributed by atoms with Gasteiger partial charge in [0, 0.05) is 65.7 Å². The number of thioether (sulfide) groups is 1. The molecule has 1 heterocycles. The first kappa shape index (κ1) is 73.7. The van der Waals surface area contributed by atoms with Crippen molar-refractivity contribution in [2.45, 2.75) is 157 Å². The van der Waals surface area contributed by atoms with Crippen LogP contribution in [0.15, 0.2) is 136 Å². The number of amides is 1. The van der Waals surface area contributed by atoms with E-state index in [1.165, 1.54) is 23.9 Å². The number of benzene rings is 5. The Morgan fingerprint density at radius 1 is 0.697 bits per heavy atom. The van der Waals surface area contributed by atoms with Crippen LogP contribution in [0.25, 0.3) is 11.1 Å². The summed E-state index contributed by atoms with van der Waals surface area (Å²) < 4.78 is 164. The zero-order valence-corrected chi connectivity index (χ0v) is 57.3. The van der Waals surface area contributed by atoms with Gasteiger partial charge in [0.25, 0.3) is 25.8 Å². The molecule has 18 nitrogen and oxygen atoms in total. The van der Waals surface area contributed by atoms with E-state index in [1.54, 1.807) is 130 Å². The number of sulfone groups is 1. The van der Waals surface area contributed by atoms with Gasteiger partial charge >= 0.3 is 21.2 Å². The molecule has 1 amide bonds. The third kappa shape index (κ3) is 23.0. The molecule has 1 aliphatic rings. The number of anilines is 2. The monoisotopic (exact) mass is 1360 g/mol. The Kier molecular flexibility index (Phi) is 25.0. The number of phosphoric acid groups is 2. The smallest absolute Gasteiger partial charge is 0.388 e. The summed E-state index contributed by atoms with van der Waals surface area (Å²) in [4.78, 5) is 15.9. The largest absolute Gasteiger partial charge is 0.501 e. The lowest BCUT2D eigenvalue weighted by Gasteiger charge is -2.36. The number of alkyl halides is 3. The molecule has 27 heteroatoms. The molecule has 0 bridgehead atoms. The average Bonchev–Trinajstić information content (AvgIpc) is 1.42. The molecule has 5 aromatic rings. The van der Waals surface area contributed by atoms with Gasteiger partial charge in [-0.05, 0) is 192 Å². The molecule has 2 atom stereocenters. The third-order valence-corrected chi connectivity index (χ3v) is 21.6. The first-order valence-electron chi connectivity index (χ1n) is 29.0. The van der Waals surface area contributed by atoms with Crippen LogP contribution in [-0.4, -0.2) is 118 Å². The van der Waals surface area contributed by atoms with Crippen LogP contribution in [0.5, 0.6) is 0 Å². The molecule has 1 aliphatic heterocycles. The molecule has 1 fully saturated rings. The van der Waals surface area contributed by atoms with E-state index in [-0.39, 0.29) is 56.5 Å². The van der Waals surface area contributed by atoms with Crippen molar-refractivity contribution in [1.82, 2.24) is 9.62 Å². The summed E-state index contributed by atoms with van der Waals surface area (Å²) >= 11 is 7.43. The second-order valence-electron chi connectivity index (χ2n) is 25.4. The predicted octanol–water partition coefficient (Wildman–Crippen LogP) is 15.1. The average molecular weight is 1360 g/mol. The number of halogens is 4. The maximum absolute atomic E-state index is 14.7. The summed E-state index contributed by atoms with van der Waals surface area (Å²) in [5, 5.41) is 15.2. The fourth-order valence-electron chi connectivity index (χ4n) is 9.43. The Bertz CT molecular complexity index is 3390. The van der Waals surface area contributed by atoms with Gasteiger partial charge in [-0.25, -0.2) is 30.7 Å². The molecule has 6 rings (SSSR count). The number of piperidine rings is 1. The SMILES string of the molecule is CC(C)(C)OP(=O)(OCCN(CCOP(=O)(OC(C)(C)C)OC(C)(C)C)CCC(CSc1ccccc1)Nc1ccc(S(=O)(=O)NC(=O)c2ccc(N3CCC(C(O)c4ccccc4-c4ccc(Cl)cc4)CC3)cc2)cc1S(=O)(=O)C(F)(F)F)OC(C)(C)C. The van der Waals surface area contributed by atoms with Crippen molar-refractivity contribution in [1.29, 1.82) is 0 Å². The molecular weight excluding hydrogens is 1280 g/mol. The van der Waals surface area contributed by atoms with E-state index in [4.69, 9.17) is 38.7 Å². The van der Waals surface area contributed by atoms with Crippen LogP contribution < -0.4 is 14.9 Å². The maximum atomic E-state index is 14.7. The molecule has 1 saturated heterocycles. The van der Waals surface area contributed by atoms with Crippen LogP contribution >= 0.6 is 39.0 Å². The topological polar surface area (TPSA) is 226 Å². The lowest BCUT2D eigenvalue weighted by Crippen LogP contribution is -2.36. The molecule has 0 radical (unpaired) electrons. The van der Waals surface area contributed by atoms with Crippen molar-refractivity contribution >= 4 is 76.2 Å². The van der Waals surface area contributed by atoms with Crippen molar-refractivity contribution in [3.8, 4) is 11.1 Å². The Hall–Kier alpha value is -4.36. The molecule has 0 aromatic heterocycles. The van der Waals surface area contributed by atoms with E-state index in [1.807, 2.05) is 53.3 Å². The summed E-state index contributed by atoms with van der Waals surface area (Å²) in [5.74, 6) is -1.07. The Balaban J connectivity index is 1.22. The van der Waals surface area contributed by atoms with Crippen molar-refractivity contribution in [2.24, 2.45) is 5.92 Å². The van der Waals surface area contributed by atoms with E-state index in [0.717, 1.165) is 39.4 Å². The molecule has 89 heavy (non-hydrogen) atoms. The van der Waals surface area contributed by atoms with Gasteiger partial charge in [-0.2, -0.15) is 13.2 Å². The minimum absolute atomic E-state index is 0.00184. The van der Waals surface area contributed by atoms with Gasteiger partial charge in [0.05, 0.1) is 52.3 Å². The molecule has 2 unspecified atom stereocenters. The number of nitrogens with zero attached hydrogens (tertiary/aromatic N) is 2. The van der Waals surface area contributed by atoms with Gasteiger partial charge < -0.3 is 15.3 Å². The molecule has 0 aliphatic carbocycles. The number of rotatable bonds is 28. The van der Waals surface area contributed by atoms with E-state index in [9.17, 15) is 49.0 Å². The van der Waals surface area contributed by atoms with Crippen LogP contribution in [0.2, 0.25) is 5.02 Å². The van der Waals surface area contributed by atoms with Crippen molar-refractivity contribution in [2.75, 3.05) is 61.9 Å². The molecule has 5 aromatic carbocycles. The molecule has 0 spiro atoms. The van der Waals surface area contributed by atoms with Crippen molar-refractivity contribution in [3.63, 3.8) is 0 Å². The number of carbonyl (C=O) groups is 1. The fourth-order valence-corrected chi connectivity index (χ4v) is 16.1. The number of nitrogens with one attached hydrogen (secondary N) is 2. The van der Waals surface area contributed by atoms with E-state index in [0.29, 0.717) is 37.0 Å². The van der Waals surface area contributed by atoms with E-state index in [2.05, 4.69) is 10.2 Å². The highest BCUT2D eigenvalue weighted by molar-refractivity contribution is 7.99. The molecular formula is C62H84ClF3N4O14P2S3. The Morgan fingerprint density at radius 3 is 1.71 bits per heavy atom. The number of carbonyl (C=O) groups excluding carboxylic acids is 1. The third-order valence-electron chi connectivity index (χ3n) is 13.2. The van der Waals surface area contributed by atoms with Crippen LogP contribution in [-0.2, 0) is 56.1 Å². The zero-order valence-electron chi connectivity index (χ0n) is 52.3. The number of aliphatic hydroxyl groups is 1. The number of hydrogen-bond acceptors (Lipinski definition) is 18. The van der Waals surface area contributed by atoms with Gasteiger partial charge in [-0.15, -0.1) is 11.8 Å². The molecule has 492 valence electrons. The van der Waals surface area contributed by atoms with Gasteiger partial charge in [0.15, 0.2) is 0 Å². The molecule has 3 N–H and O–H groups in total. The van der Waals surface area contributed by atoms with Crippen molar-refractivity contribution < 1.29 is 76.2 Å². The van der Waals surface area contributed by atoms with Crippen LogP contribution in [0.1, 0.15) is 124 Å². The standard InChI is InChI=1S/C62H84ClF3N4O14P2S3/c1-58(2,3)81-85(73,82-59(4,5)6)79-40-38-69(39-41-80-86(74,83-60(7,8)9)84-61(10,11)12)35-34-48(43-87-50-18-14-13-15-19-50)67-54-31-30-51(42-55(54)88(75,76)62(64,65)66)89(77,78)68-57(72)46-24-28-49(29-25-46)70-36-32-45(33-37-70)56(71)53-21-17-16-20-52(53)44-22-26-47(63)27-23-44/h13-31,42,45,48,56,67,71H,32-41,43H2,1-12H3,(H,68,72). The highest BCUT2D eigenvalue weighted by Crippen LogP contribution is 2.56. The summed E-state index contributed by atoms with van der Waals surface area (Å²) in [6, 6.07) is 31.4. The zero-order chi connectivity index (χ0) is 66.0. The van der Waals surface area contributed by atoms with Gasteiger partial charge in [0.1, 0.15) is 4.90 Å².